The number of benzene rings is 2. The van der Waals surface area contributed by atoms with Crippen molar-refractivity contribution in [3.63, 3.8) is 0 Å². The number of hydrogen-bond donors (Lipinski definition) is 1. The summed E-state index contributed by atoms with van der Waals surface area (Å²) in [5.74, 6) is -0.973. The quantitative estimate of drug-likeness (QED) is 0.746. The highest BCUT2D eigenvalue weighted by Gasteiger charge is 2.17. The molecule has 0 unspecified atom stereocenters. The molecule has 0 saturated carbocycles. The molecule has 0 atom stereocenters. The molecule has 0 radical (unpaired) electrons. The van der Waals surface area contributed by atoms with Crippen molar-refractivity contribution in [3.05, 3.63) is 53.1 Å². The van der Waals surface area contributed by atoms with Crippen LogP contribution in [0.2, 0.25) is 0 Å². The highest BCUT2D eigenvalue weighted by atomic mass is 19.1. The van der Waals surface area contributed by atoms with Crippen LogP contribution in [0.5, 0.6) is 0 Å². The zero-order valence-electron chi connectivity index (χ0n) is 11.1. The molecule has 4 nitrogen and oxygen atoms in total. The lowest BCUT2D eigenvalue weighted by Gasteiger charge is -2.09. The molecule has 0 amide bonds. The number of rotatable bonds is 1. The number of imidazole rings is 1. The van der Waals surface area contributed by atoms with Crippen LogP contribution in [0, 0.1) is 29.9 Å². The van der Waals surface area contributed by atoms with E-state index in [1.807, 2.05) is 6.07 Å². The van der Waals surface area contributed by atoms with Crippen LogP contribution < -0.4 is 5.73 Å². The van der Waals surface area contributed by atoms with Crippen LogP contribution in [0.15, 0.2) is 30.3 Å². The predicted molar refractivity (Wildman–Crippen MR) is 74.9 cm³/mol. The van der Waals surface area contributed by atoms with Crippen LogP contribution in [-0.4, -0.2) is 9.55 Å². The van der Waals surface area contributed by atoms with Gasteiger partial charge < -0.3 is 5.73 Å². The van der Waals surface area contributed by atoms with Crippen molar-refractivity contribution in [2.24, 2.45) is 0 Å². The average molecular weight is 284 g/mol. The van der Waals surface area contributed by atoms with Gasteiger partial charge >= 0.3 is 0 Å². The normalized spacial score (nSPS) is 10.8. The van der Waals surface area contributed by atoms with Gasteiger partial charge in [-0.2, -0.15) is 5.26 Å². The Balaban J connectivity index is 2.41. The molecular formula is C15H10F2N4. The fraction of sp³-hybridized carbons (Fsp3) is 0.0667. The summed E-state index contributed by atoms with van der Waals surface area (Å²) in [4.78, 5) is 4.07. The molecule has 1 aromatic heterocycles. The highest BCUT2D eigenvalue weighted by molar-refractivity contribution is 5.82. The van der Waals surface area contributed by atoms with Crippen molar-refractivity contribution in [1.29, 1.82) is 5.26 Å². The van der Waals surface area contributed by atoms with Gasteiger partial charge in [-0.1, -0.05) is 6.07 Å². The van der Waals surface area contributed by atoms with Gasteiger partial charge in [0.1, 0.15) is 23.3 Å². The van der Waals surface area contributed by atoms with E-state index >= 15 is 0 Å². The summed E-state index contributed by atoms with van der Waals surface area (Å²) >= 11 is 0. The van der Waals surface area contributed by atoms with Gasteiger partial charge in [0, 0.05) is 6.07 Å². The van der Waals surface area contributed by atoms with E-state index < -0.39 is 11.6 Å². The third-order valence-corrected chi connectivity index (χ3v) is 3.31. The van der Waals surface area contributed by atoms with Crippen LogP contribution in [0.4, 0.5) is 14.7 Å². The van der Waals surface area contributed by atoms with Gasteiger partial charge in [-0.25, -0.2) is 13.8 Å². The number of hydrogen-bond acceptors (Lipinski definition) is 3. The molecule has 0 saturated heterocycles. The van der Waals surface area contributed by atoms with Crippen molar-refractivity contribution in [2.45, 2.75) is 6.92 Å². The van der Waals surface area contributed by atoms with E-state index in [1.54, 1.807) is 19.1 Å². The van der Waals surface area contributed by atoms with Gasteiger partial charge in [0.25, 0.3) is 0 Å². The van der Waals surface area contributed by atoms with Crippen LogP contribution in [0.3, 0.4) is 0 Å². The number of fused-ring (bicyclic) bond motifs is 1. The topological polar surface area (TPSA) is 67.6 Å². The molecular weight excluding hydrogens is 274 g/mol. The maximum atomic E-state index is 13.8. The number of anilines is 1. The molecule has 0 aliphatic heterocycles. The Hall–Kier alpha value is -2.94. The first kappa shape index (κ1) is 13.1. The Morgan fingerprint density at radius 3 is 2.71 bits per heavy atom. The van der Waals surface area contributed by atoms with Gasteiger partial charge in [0.15, 0.2) is 0 Å². The molecule has 0 aliphatic carbocycles. The maximum absolute atomic E-state index is 13.8. The number of aryl methyl sites for hydroxylation is 1. The maximum Gasteiger partial charge on any atom is 0.205 e. The number of nitrogens with zero attached hydrogens (tertiary/aromatic N) is 3. The zero-order valence-corrected chi connectivity index (χ0v) is 11.1. The first-order chi connectivity index (χ1) is 10.0. The minimum atomic E-state index is -0.643. The Morgan fingerprint density at radius 1 is 1.24 bits per heavy atom. The second kappa shape index (κ2) is 4.56. The Bertz CT molecular complexity index is 906. The molecule has 3 aromatic rings. The largest absolute Gasteiger partial charge is 0.369 e. The van der Waals surface area contributed by atoms with Gasteiger partial charge in [0.2, 0.25) is 5.95 Å². The Morgan fingerprint density at radius 2 is 2.00 bits per heavy atom. The lowest BCUT2D eigenvalue weighted by atomic mass is 10.1. The number of halogens is 2. The minimum Gasteiger partial charge on any atom is -0.369 e. The number of nitrogen functional groups attached to an aromatic ring is 1. The third-order valence-electron chi connectivity index (χ3n) is 3.31. The van der Waals surface area contributed by atoms with E-state index in [1.165, 1.54) is 22.8 Å². The fourth-order valence-corrected chi connectivity index (χ4v) is 2.28. The summed E-state index contributed by atoms with van der Waals surface area (Å²) in [5, 5.41) is 9.14. The fourth-order valence-electron chi connectivity index (χ4n) is 2.28. The molecule has 0 fully saturated rings. The summed E-state index contributed by atoms with van der Waals surface area (Å²) in [7, 11) is 0. The Labute approximate surface area is 119 Å². The lowest BCUT2D eigenvalue weighted by Crippen LogP contribution is -2.04. The number of nitrogens with two attached hydrogens (primary N) is 1. The van der Waals surface area contributed by atoms with Crippen molar-refractivity contribution >= 4 is 17.0 Å². The SMILES string of the molecule is Cc1cc2c(cc1F)nc(N)n2-c1cccc(F)c1C#N. The molecule has 0 spiro atoms. The standard InChI is InChI=1S/C15H10F2N4/c1-8-5-14-12(6-11(8)17)20-15(19)21(14)13-4-2-3-10(16)9(13)7-18/h2-6H,1H3,(H2,19,20). The van der Waals surface area contributed by atoms with Gasteiger partial charge in [0.05, 0.1) is 16.7 Å². The summed E-state index contributed by atoms with van der Waals surface area (Å²) in [5.41, 5.74) is 7.29. The zero-order chi connectivity index (χ0) is 15.1. The monoisotopic (exact) mass is 284 g/mol. The third kappa shape index (κ3) is 1.91. The molecule has 0 bridgehead atoms. The van der Waals surface area contributed by atoms with Gasteiger partial charge in [-0.3, -0.25) is 4.57 Å². The summed E-state index contributed by atoms with van der Waals surface area (Å²) in [6.45, 7) is 1.61. The van der Waals surface area contributed by atoms with Crippen LogP contribution in [0.1, 0.15) is 11.1 Å². The summed E-state index contributed by atoms with van der Waals surface area (Å²) in [6, 6.07) is 8.90. The Kier molecular flexibility index (Phi) is 2.84. The predicted octanol–water partition coefficient (Wildman–Crippen LogP) is 3.07. The number of aromatic nitrogens is 2. The molecule has 1 heterocycles. The second-order valence-electron chi connectivity index (χ2n) is 4.64. The molecule has 104 valence electrons. The first-order valence-electron chi connectivity index (χ1n) is 6.16. The van der Waals surface area contributed by atoms with Crippen LogP contribution in [-0.2, 0) is 0 Å². The minimum absolute atomic E-state index is 0.0668. The summed E-state index contributed by atoms with van der Waals surface area (Å²) in [6.07, 6.45) is 0. The highest BCUT2D eigenvalue weighted by Crippen LogP contribution is 2.27. The van der Waals surface area contributed by atoms with Crippen LogP contribution >= 0.6 is 0 Å². The first-order valence-corrected chi connectivity index (χ1v) is 6.16. The molecule has 0 aliphatic rings. The van der Waals surface area contributed by atoms with E-state index in [4.69, 9.17) is 11.0 Å². The molecule has 3 rings (SSSR count). The molecule has 21 heavy (non-hydrogen) atoms. The van der Waals surface area contributed by atoms with Crippen molar-refractivity contribution in [2.75, 3.05) is 5.73 Å². The van der Waals surface area contributed by atoms with E-state index in [9.17, 15) is 8.78 Å². The average Bonchev–Trinajstić information content (AvgIpc) is 2.74. The van der Waals surface area contributed by atoms with Gasteiger partial charge in [-0.05, 0) is 30.7 Å². The molecule has 6 heteroatoms. The summed E-state index contributed by atoms with van der Waals surface area (Å²) < 4.78 is 28.8. The van der Waals surface area contributed by atoms with Crippen LogP contribution in [0.25, 0.3) is 16.7 Å². The molecule has 2 N–H and O–H groups in total. The number of nitriles is 1. The van der Waals surface area contributed by atoms with Gasteiger partial charge in [-0.15, -0.1) is 0 Å². The van der Waals surface area contributed by atoms with Crippen molar-refractivity contribution in [1.82, 2.24) is 9.55 Å². The van der Waals surface area contributed by atoms with E-state index in [2.05, 4.69) is 4.98 Å². The van der Waals surface area contributed by atoms with E-state index in [0.29, 0.717) is 16.6 Å². The van der Waals surface area contributed by atoms with E-state index in [-0.39, 0.29) is 17.2 Å². The lowest BCUT2D eigenvalue weighted by molar-refractivity contribution is 0.620. The van der Waals surface area contributed by atoms with Crippen molar-refractivity contribution in [3.8, 4) is 11.8 Å². The second-order valence-corrected chi connectivity index (χ2v) is 4.64. The van der Waals surface area contributed by atoms with E-state index in [0.717, 1.165) is 0 Å². The molecule has 2 aromatic carbocycles. The van der Waals surface area contributed by atoms with Crippen molar-refractivity contribution < 1.29 is 8.78 Å². The smallest absolute Gasteiger partial charge is 0.205 e.